The van der Waals surface area contributed by atoms with Gasteiger partial charge in [-0.2, -0.15) is 13.2 Å². The topological polar surface area (TPSA) is 95.1 Å². The van der Waals surface area contributed by atoms with E-state index < -0.39 is 27.3 Å². The summed E-state index contributed by atoms with van der Waals surface area (Å²) in [6.45, 7) is 31.1. The van der Waals surface area contributed by atoms with Crippen LogP contribution in [0.3, 0.4) is 0 Å². The van der Waals surface area contributed by atoms with Gasteiger partial charge in [0.1, 0.15) is 0 Å². The van der Waals surface area contributed by atoms with Gasteiger partial charge in [0, 0.05) is 16.8 Å². The standard InChI is InChI=1S/C14H22O2.C12H14ClF3.C12H18O2.C10H15NO2S.C10H15N/c1-14(2,3)9-8-11-6-7-12(15-4)13(10-11)16-5;1-11(2,3)7-8-4-5-10(13)9(6-8)12(14,15)16;1-12(2,3)9-6-7-10(13-4)11(8-9)14-5;1-10(2,3)11-14(12,13)9-7-5-4-6-8-9;1-10(2,3)11-9-7-5-4-6-8-9/h6-7,10H,8-9H2,1-5H3;4-6H,7H2,1-3H3;6-8H,1-5H3;4-8,11H,1-3H3;4-8,11H,1-3H3. The minimum Gasteiger partial charge on any atom is -0.493 e. The van der Waals surface area contributed by atoms with Crippen LogP contribution in [0.15, 0.2) is 120 Å². The Morgan fingerprint density at radius 1 is 0.521 bits per heavy atom. The van der Waals surface area contributed by atoms with Crippen molar-refractivity contribution in [3.05, 3.63) is 143 Å². The molecule has 0 heterocycles. The van der Waals surface area contributed by atoms with Crippen molar-refractivity contribution in [3.8, 4) is 23.0 Å². The second-order valence-corrected chi connectivity index (χ2v) is 24.6. The Hall–Kier alpha value is -4.91. The van der Waals surface area contributed by atoms with E-state index in [-0.39, 0.29) is 21.4 Å². The van der Waals surface area contributed by atoms with Crippen LogP contribution in [-0.2, 0) is 34.5 Å². The fourth-order valence-corrected chi connectivity index (χ4v) is 8.05. The van der Waals surface area contributed by atoms with Crippen LogP contribution in [0.1, 0.15) is 133 Å². The van der Waals surface area contributed by atoms with E-state index in [1.54, 1.807) is 64.8 Å². The van der Waals surface area contributed by atoms with Gasteiger partial charge >= 0.3 is 6.18 Å². The summed E-state index contributed by atoms with van der Waals surface area (Å²) in [5, 5.41) is 3.14. The zero-order valence-electron chi connectivity index (χ0n) is 46.0. The molecule has 0 aromatic heterocycles. The maximum Gasteiger partial charge on any atom is 0.417 e. The van der Waals surface area contributed by atoms with Gasteiger partial charge in [0.15, 0.2) is 23.0 Å². The first kappa shape index (κ1) is 64.1. The first-order valence-electron chi connectivity index (χ1n) is 23.6. The molecule has 8 nitrogen and oxygen atoms in total. The molecule has 396 valence electrons. The minimum absolute atomic E-state index is 0.0449. The summed E-state index contributed by atoms with van der Waals surface area (Å²) in [7, 11) is 3.27. The van der Waals surface area contributed by atoms with Crippen LogP contribution in [0.4, 0.5) is 18.9 Å². The van der Waals surface area contributed by atoms with Crippen LogP contribution < -0.4 is 29.0 Å². The second kappa shape index (κ2) is 27.8. The maximum atomic E-state index is 12.6. The molecule has 0 fully saturated rings. The molecule has 0 bridgehead atoms. The average molecular weight is 1030 g/mol. The Kier molecular flexibility index (Phi) is 25.1. The lowest BCUT2D eigenvalue weighted by atomic mass is 9.87. The van der Waals surface area contributed by atoms with Crippen molar-refractivity contribution < 1.29 is 40.5 Å². The van der Waals surface area contributed by atoms with Crippen molar-refractivity contribution in [1.82, 2.24) is 4.72 Å². The van der Waals surface area contributed by atoms with Gasteiger partial charge in [0.25, 0.3) is 0 Å². The van der Waals surface area contributed by atoms with E-state index in [4.69, 9.17) is 30.5 Å². The molecule has 2 N–H and O–H groups in total. The Morgan fingerprint density at radius 3 is 1.41 bits per heavy atom. The largest absolute Gasteiger partial charge is 0.493 e. The molecule has 5 aromatic carbocycles. The van der Waals surface area contributed by atoms with Crippen molar-refractivity contribution in [1.29, 1.82) is 0 Å². The molecular formula is C58H84ClF3N2O6S. The summed E-state index contributed by atoms with van der Waals surface area (Å²) in [5.41, 5.74) is 3.79. The number of aryl methyl sites for hydroxylation is 1. The molecule has 0 atom stereocenters. The monoisotopic (exact) mass is 1030 g/mol. The van der Waals surface area contributed by atoms with Gasteiger partial charge in [0.2, 0.25) is 10.0 Å². The lowest BCUT2D eigenvalue weighted by molar-refractivity contribution is -0.137. The van der Waals surface area contributed by atoms with Crippen molar-refractivity contribution >= 4 is 27.3 Å². The second-order valence-electron chi connectivity index (χ2n) is 22.5. The number of para-hydroxylation sites is 1. The molecule has 5 aromatic rings. The highest BCUT2D eigenvalue weighted by molar-refractivity contribution is 7.89. The van der Waals surface area contributed by atoms with Crippen LogP contribution in [0, 0.1) is 10.8 Å². The number of rotatable bonds is 10. The third-order valence-electron chi connectivity index (χ3n) is 9.72. The zero-order valence-corrected chi connectivity index (χ0v) is 47.5. The molecule has 0 spiro atoms. The quantitative estimate of drug-likeness (QED) is 0.144. The molecule has 0 aliphatic heterocycles. The Bertz CT molecular complexity index is 2430. The number of hydrogen-bond donors (Lipinski definition) is 2. The minimum atomic E-state index is -4.38. The van der Waals surface area contributed by atoms with E-state index in [0.29, 0.717) is 22.3 Å². The maximum absolute atomic E-state index is 12.6. The fraction of sp³-hybridized carbons (Fsp3) is 0.483. The molecular weight excluding hydrogens is 945 g/mol. The number of halogens is 4. The molecule has 0 aliphatic rings. The van der Waals surface area contributed by atoms with Crippen molar-refractivity contribution in [2.45, 2.75) is 151 Å². The highest BCUT2D eigenvalue weighted by Crippen LogP contribution is 2.37. The van der Waals surface area contributed by atoms with Gasteiger partial charge in [0.05, 0.1) is 43.9 Å². The van der Waals surface area contributed by atoms with Crippen molar-refractivity contribution in [3.63, 3.8) is 0 Å². The number of ether oxygens (including phenoxy) is 4. The van der Waals surface area contributed by atoms with E-state index in [1.807, 2.05) is 77.9 Å². The first-order valence-corrected chi connectivity index (χ1v) is 25.5. The molecule has 13 heteroatoms. The van der Waals surface area contributed by atoms with Crippen LogP contribution in [0.5, 0.6) is 23.0 Å². The molecule has 0 saturated heterocycles. The summed E-state index contributed by atoms with van der Waals surface area (Å²) in [5.74, 6) is 3.18. The molecule has 5 rings (SSSR count). The number of alkyl halides is 3. The van der Waals surface area contributed by atoms with Crippen molar-refractivity contribution in [2.75, 3.05) is 33.8 Å². The number of nitrogens with one attached hydrogen (secondary N) is 2. The van der Waals surface area contributed by atoms with Crippen LogP contribution >= 0.6 is 11.6 Å². The van der Waals surface area contributed by atoms with E-state index in [9.17, 15) is 21.6 Å². The normalized spacial score (nSPS) is 11.9. The molecule has 0 unspecified atom stereocenters. The highest BCUT2D eigenvalue weighted by Gasteiger charge is 2.33. The summed E-state index contributed by atoms with van der Waals surface area (Å²) in [4.78, 5) is 0.301. The summed E-state index contributed by atoms with van der Waals surface area (Å²) in [6, 6.07) is 34.9. The molecule has 0 amide bonds. The number of methoxy groups -OCH3 is 4. The van der Waals surface area contributed by atoms with Gasteiger partial charge in [-0.05, 0) is 154 Å². The smallest absolute Gasteiger partial charge is 0.417 e. The lowest BCUT2D eigenvalue weighted by Gasteiger charge is -2.21. The van der Waals surface area contributed by atoms with E-state index in [0.717, 1.165) is 35.5 Å². The Labute approximate surface area is 431 Å². The summed E-state index contributed by atoms with van der Waals surface area (Å²) in [6.07, 6.45) is -1.55. The SMILES string of the molecule is CC(C)(C)Cc1ccc(Cl)c(C(F)(F)F)c1.CC(C)(C)NS(=O)(=O)c1ccccc1.CC(C)(C)Nc1ccccc1.COc1ccc(C(C)(C)C)cc1OC.COc1ccc(CCC(C)(C)C)cc1OC. The van der Waals surface area contributed by atoms with Gasteiger partial charge in [-0.15, -0.1) is 0 Å². The molecule has 0 saturated carbocycles. The Morgan fingerprint density at radius 2 is 0.986 bits per heavy atom. The zero-order chi connectivity index (χ0) is 54.6. The van der Waals surface area contributed by atoms with Gasteiger partial charge < -0.3 is 24.3 Å². The summed E-state index contributed by atoms with van der Waals surface area (Å²) >= 11 is 5.53. The predicted octanol–water partition coefficient (Wildman–Crippen LogP) is 16.3. The third-order valence-corrected chi connectivity index (χ3v) is 11.8. The van der Waals surface area contributed by atoms with Gasteiger partial charge in [-0.1, -0.05) is 129 Å². The van der Waals surface area contributed by atoms with Crippen LogP contribution in [-0.4, -0.2) is 47.9 Å². The van der Waals surface area contributed by atoms with Gasteiger partial charge in [-0.25, -0.2) is 13.1 Å². The number of hydrogen-bond acceptors (Lipinski definition) is 7. The van der Waals surface area contributed by atoms with Crippen molar-refractivity contribution in [2.24, 2.45) is 10.8 Å². The number of sulfonamides is 1. The number of benzene rings is 5. The average Bonchev–Trinajstić information content (AvgIpc) is 3.24. The van der Waals surface area contributed by atoms with E-state index in [1.165, 1.54) is 29.3 Å². The molecule has 71 heavy (non-hydrogen) atoms. The Balaban J connectivity index is 0.000000446. The van der Waals surface area contributed by atoms with Crippen LogP contribution in [0.2, 0.25) is 5.02 Å². The number of anilines is 1. The van der Waals surface area contributed by atoms with Crippen LogP contribution in [0.25, 0.3) is 0 Å². The van der Waals surface area contributed by atoms with Gasteiger partial charge in [-0.3, -0.25) is 0 Å². The lowest BCUT2D eigenvalue weighted by Crippen LogP contribution is -2.40. The highest BCUT2D eigenvalue weighted by atomic mass is 35.5. The first-order chi connectivity index (χ1) is 32.4. The van der Waals surface area contributed by atoms with E-state index in [2.05, 4.69) is 103 Å². The van der Waals surface area contributed by atoms with E-state index >= 15 is 0 Å². The fourth-order valence-electron chi connectivity index (χ4n) is 6.39. The molecule has 0 radical (unpaired) electrons. The third kappa shape index (κ3) is 26.9. The molecule has 0 aliphatic carbocycles. The summed E-state index contributed by atoms with van der Waals surface area (Å²) < 4.78 is 84.7. The predicted molar refractivity (Wildman–Crippen MR) is 292 cm³/mol.